The van der Waals surface area contributed by atoms with Gasteiger partial charge >= 0.3 is 5.97 Å². The molecule has 0 fully saturated rings. The summed E-state index contributed by atoms with van der Waals surface area (Å²) in [6.45, 7) is 3.74. The second-order valence-corrected chi connectivity index (χ2v) is 6.52. The maximum atomic E-state index is 12.1. The largest absolute Gasteiger partial charge is 0.403 e. The van der Waals surface area contributed by atoms with E-state index in [4.69, 9.17) is 27.9 Å². The normalized spacial score (nSPS) is 12.2. The van der Waals surface area contributed by atoms with E-state index >= 15 is 0 Å². The van der Waals surface area contributed by atoms with Crippen molar-refractivity contribution in [2.45, 2.75) is 19.9 Å². The zero-order chi connectivity index (χ0) is 17.3. The van der Waals surface area contributed by atoms with Crippen molar-refractivity contribution in [2.24, 2.45) is 0 Å². The second-order valence-electron chi connectivity index (χ2n) is 5.10. The molecule has 3 rings (SSSR count). The van der Waals surface area contributed by atoms with Crippen molar-refractivity contribution < 1.29 is 9.53 Å². The van der Waals surface area contributed by atoms with Gasteiger partial charge in [0.2, 0.25) is 5.88 Å². The lowest BCUT2D eigenvalue weighted by atomic mass is 10.1. The molecule has 0 aliphatic heterocycles. The first kappa shape index (κ1) is 16.9. The summed E-state index contributed by atoms with van der Waals surface area (Å²) in [5.74, 6) is -0.254. The number of halogens is 2. The summed E-state index contributed by atoms with van der Waals surface area (Å²) in [4.78, 5) is 12.1. The predicted octanol–water partition coefficient (Wildman–Crippen LogP) is 4.18. The first-order valence-corrected chi connectivity index (χ1v) is 8.55. The lowest BCUT2D eigenvalue weighted by Gasteiger charge is -2.16. The Balaban J connectivity index is 1.90. The van der Waals surface area contributed by atoms with Crippen molar-refractivity contribution in [3.63, 3.8) is 0 Å². The standard InChI is InChI=1S/C15H12Cl2N4O2S/c1-8-5-14(23-15(22)13-7-24-20-18-13)21(19-8)9(2)10-3-4-11(16)12(17)6-10/h3-7,9H,1-2H3. The molecule has 1 unspecified atom stereocenters. The molecule has 0 aliphatic carbocycles. The highest BCUT2D eigenvalue weighted by Gasteiger charge is 2.20. The van der Waals surface area contributed by atoms with E-state index in [0.717, 1.165) is 22.8 Å². The van der Waals surface area contributed by atoms with Crippen molar-refractivity contribution in [1.82, 2.24) is 19.4 Å². The summed E-state index contributed by atoms with van der Waals surface area (Å²) in [5.41, 5.74) is 1.77. The molecule has 0 spiro atoms. The van der Waals surface area contributed by atoms with Crippen LogP contribution in [0.15, 0.2) is 29.6 Å². The van der Waals surface area contributed by atoms with E-state index in [1.807, 2.05) is 19.9 Å². The van der Waals surface area contributed by atoms with Gasteiger partial charge in [-0.25, -0.2) is 9.48 Å². The summed E-state index contributed by atoms with van der Waals surface area (Å²) in [5, 5.41) is 10.6. The van der Waals surface area contributed by atoms with Gasteiger partial charge < -0.3 is 4.74 Å². The van der Waals surface area contributed by atoms with Crippen molar-refractivity contribution in [3.05, 3.63) is 56.6 Å². The van der Waals surface area contributed by atoms with E-state index in [1.165, 1.54) is 5.38 Å². The van der Waals surface area contributed by atoms with E-state index in [0.29, 0.717) is 15.9 Å². The van der Waals surface area contributed by atoms with E-state index in [9.17, 15) is 4.79 Å². The van der Waals surface area contributed by atoms with Gasteiger partial charge in [-0.05, 0) is 43.1 Å². The number of esters is 1. The van der Waals surface area contributed by atoms with Crippen LogP contribution in [0.2, 0.25) is 10.0 Å². The van der Waals surface area contributed by atoms with Crippen LogP contribution in [0.5, 0.6) is 5.88 Å². The molecular formula is C15H12Cl2N4O2S. The van der Waals surface area contributed by atoms with Crippen LogP contribution in [0.3, 0.4) is 0 Å². The lowest BCUT2D eigenvalue weighted by Crippen LogP contribution is -2.15. The van der Waals surface area contributed by atoms with Crippen molar-refractivity contribution in [1.29, 1.82) is 0 Å². The van der Waals surface area contributed by atoms with Crippen LogP contribution in [0.1, 0.15) is 34.7 Å². The Morgan fingerprint density at radius 1 is 1.29 bits per heavy atom. The molecule has 3 aromatic rings. The number of aromatic nitrogens is 4. The molecule has 124 valence electrons. The molecule has 0 bridgehead atoms. The van der Waals surface area contributed by atoms with Crippen LogP contribution in [0.25, 0.3) is 0 Å². The van der Waals surface area contributed by atoms with Crippen LogP contribution in [0, 0.1) is 6.92 Å². The van der Waals surface area contributed by atoms with Crippen LogP contribution in [0.4, 0.5) is 0 Å². The van der Waals surface area contributed by atoms with Gasteiger partial charge in [0.25, 0.3) is 0 Å². The fourth-order valence-electron chi connectivity index (χ4n) is 2.16. The molecule has 0 amide bonds. The molecule has 6 nitrogen and oxygen atoms in total. The summed E-state index contributed by atoms with van der Waals surface area (Å²) in [6.07, 6.45) is 0. The first-order valence-electron chi connectivity index (χ1n) is 6.96. The summed E-state index contributed by atoms with van der Waals surface area (Å²) >= 11 is 13.1. The van der Waals surface area contributed by atoms with E-state index in [-0.39, 0.29) is 11.7 Å². The molecule has 9 heteroatoms. The van der Waals surface area contributed by atoms with Crippen molar-refractivity contribution in [3.8, 4) is 5.88 Å². The molecule has 0 N–H and O–H groups in total. The van der Waals surface area contributed by atoms with Gasteiger partial charge in [0, 0.05) is 11.4 Å². The molecule has 2 aromatic heterocycles. The van der Waals surface area contributed by atoms with Gasteiger partial charge in [-0.3, -0.25) is 0 Å². The molecule has 0 radical (unpaired) electrons. The number of aryl methyl sites for hydroxylation is 1. The van der Waals surface area contributed by atoms with Crippen LogP contribution in [-0.2, 0) is 0 Å². The Kier molecular flexibility index (Phi) is 4.84. The second kappa shape index (κ2) is 6.88. The Hall–Kier alpha value is -1.96. The average molecular weight is 383 g/mol. The van der Waals surface area contributed by atoms with Crippen molar-refractivity contribution in [2.75, 3.05) is 0 Å². The quantitative estimate of drug-likeness (QED) is 0.633. The fraction of sp³-hybridized carbons (Fsp3) is 0.200. The third-order valence-corrected chi connectivity index (χ3v) is 4.63. The molecular weight excluding hydrogens is 371 g/mol. The van der Waals surface area contributed by atoms with Gasteiger partial charge in [-0.15, -0.1) is 5.10 Å². The van der Waals surface area contributed by atoms with Gasteiger partial charge in [0.05, 0.1) is 21.8 Å². The number of nitrogens with zero attached hydrogens (tertiary/aromatic N) is 4. The number of carbonyl (C=O) groups excluding carboxylic acids is 1. The van der Waals surface area contributed by atoms with Crippen LogP contribution < -0.4 is 4.74 Å². The number of benzene rings is 1. The highest BCUT2D eigenvalue weighted by molar-refractivity contribution is 7.03. The number of rotatable bonds is 4. The molecule has 2 heterocycles. The van der Waals surface area contributed by atoms with Gasteiger partial charge in [-0.1, -0.05) is 33.8 Å². The highest BCUT2D eigenvalue weighted by Crippen LogP contribution is 2.29. The number of hydrogen-bond acceptors (Lipinski definition) is 6. The van der Waals surface area contributed by atoms with E-state index in [2.05, 4.69) is 14.7 Å². The number of hydrogen-bond donors (Lipinski definition) is 0. The van der Waals surface area contributed by atoms with E-state index < -0.39 is 5.97 Å². The minimum Gasteiger partial charge on any atom is -0.403 e. The smallest absolute Gasteiger partial charge is 0.366 e. The van der Waals surface area contributed by atoms with Gasteiger partial charge in [-0.2, -0.15) is 5.10 Å². The fourth-order valence-corrected chi connectivity index (χ4v) is 2.89. The number of ether oxygens (including phenoxy) is 1. The molecule has 24 heavy (non-hydrogen) atoms. The monoisotopic (exact) mass is 382 g/mol. The number of carbonyl (C=O) groups is 1. The summed E-state index contributed by atoms with van der Waals surface area (Å²) < 4.78 is 10.7. The molecule has 0 aliphatic rings. The minimum absolute atomic E-state index is 0.160. The molecule has 1 aromatic carbocycles. The Bertz CT molecular complexity index is 880. The van der Waals surface area contributed by atoms with Crippen LogP contribution >= 0.6 is 34.7 Å². The van der Waals surface area contributed by atoms with Crippen molar-refractivity contribution >= 4 is 40.7 Å². The van der Waals surface area contributed by atoms with Gasteiger partial charge in [0.15, 0.2) is 5.69 Å². The summed E-state index contributed by atoms with van der Waals surface area (Å²) in [7, 11) is 0. The topological polar surface area (TPSA) is 69.9 Å². The highest BCUT2D eigenvalue weighted by atomic mass is 35.5. The SMILES string of the molecule is Cc1cc(OC(=O)c2csnn2)n(C(C)c2ccc(Cl)c(Cl)c2)n1. The zero-order valence-electron chi connectivity index (χ0n) is 12.7. The van der Waals surface area contributed by atoms with E-state index in [1.54, 1.807) is 22.9 Å². The predicted molar refractivity (Wildman–Crippen MR) is 92.1 cm³/mol. The zero-order valence-corrected chi connectivity index (χ0v) is 15.1. The average Bonchev–Trinajstić information content (AvgIpc) is 3.19. The Morgan fingerprint density at radius 2 is 2.08 bits per heavy atom. The minimum atomic E-state index is -0.578. The molecule has 0 saturated carbocycles. The third-order valence-electron chi connectivity index (χ3n) is 3.38. The van der Waals surface area contributed by atoms with Crippen LogP contribution in [-0.4, -0.2) is 25.3 Å². The summed E-state index contributed by atoms with van der Waals surface area (Å²) in [6, 6.07) is 6.82. The maximum absolute atomic E-state index is 12.1. The Labute approximate surface area is 152 Å². The maximum Gasteiger partial charge on any atom is 0.366 e. The molecule has 1 atom stereocenters. The Morgan fingerprint density at radius 3 is 2.75 bits per heavy atom. The van der Waals surface area contributed by atoms with Gasteiger partial charge in [0.1, 0.15) is 0 Å². The third kappa shape index (κ3) is 3.43. The first-order chi connectivity index (χ1) is 11.5. The molecule has 0 saturated heterocycles. The lowest BCUT2D eigenvalue weighted by molar-refractivity contribution is 0.0710.